The molecule has 0 bridgehead atoms. The van der Waals surface area contributed by atoms with Crippen LogP contribution in [0.2, 0.25) is 0 Å². The summed E-state index contributed by atoms with van der Waals surface area (Å²) in [6.45, 7) is 2.01. The molecule has 2 N–H and O–H groups in total. The molecule has 0 aromatic heterocycles. The average Bonchev–Trinajstić information content (AvgIpc) is 2.83. The lowest BCUT2D eigenvalue weighted by Crippen LogP contribution is -2.70. The monoisotopic (exact) mass is 498 g/mol. The van der Waals surface area contributed by atoms with Crippen molar-refractivity contribution in [3.05, 3.63) is 76.3 Å². The summed E-state index contributed by atoms with van der Waals surface area (Å²) in [6, 6.07) is 15.1. The maximum atomic E-state index is 12.8. The topological polar surface area (TPSA) is 113 Å². The standard InChI is InChI=1S/C24H22N2O6S2/c1-2-32-24(31)15-8-10-16(11-9-15)34-17-13-33-22-19(21(28)26(22)20(17)23(29)30)25-18(27)12-14-6-4-3-5-7-14/h3-11,19,22H,2,12-13H2,1H3,(H,25,27)(H,29,30)/t19-,22-/m1/s1. The highest BCUT2D eigenvalue weighted by Gasteiger charge is 2.54. The second-order valence-corrected chi connectivity index (χ2v) is 9.81. The quantitative estimate of drug-likeness (QED) is 0.422. The van der Waals surface area contributed by atoms with Crippen LogP contribution in [-0.2, 0) is 25.5 Å². The molecule has 0 spiro atoms. The van der Waals surface area contributed by atoms with Crippen LogP contribution in [-0.4, -0.2) is 57.5 Å². The smallest absolute Gasteiger partial charge is 0.353 e. The van der Waals surface area contributed by atoms with Crippen molar-refractivity contribution in [1.29, 1.82) is 0 Å². The number of hydrogen-bond donors (Lipinski definition) is 2. The molecule has 34 heavy (non-hydrogen) atoms. The van der Waals surface area contributed by atoms with Crippen LogP contribution in [0.1, 0.15) is 22.8 Å². The lowest BCUT2D eigenvalue weighted by Gasteiger charge is -2.49. The van der Waals surface area contributed by atoms with Crippen LogP contribution in [0, 0.1) is 0 Å². The predicted octanol–water partition coefficient (Wildman–Crippen LogP) is 2.89. The second-order valence-electron chi connectivity index (χ2n) is 7.54. The van der Waals surface area contributed by atoms with E-state index in [1.165, 1.54) is 28.4 Å². The van der Waals surface area contributed by atoms with Crippen molar-refractivity contribution in [2.45, 2.75) is 29.7 Å². The Hall–Kier alpha value is -3.24. The van der Waals surface area contributed by atoms with Crippen molar-refractivity contribution < 1.29 is 29.0 Å². The molecule has 2 aliphatic rings. The molecule has 2 aromatic carbocycles. The van der Waals surface area contributed by atoms with Gasteiger partial charge in [-0.1, -0.05) is 42.1 Å². The molecule has 2 aromatic rings. The van der Waals surface area contributed by atoms with Crippen LogP contribution >= 0.6 is 23.5 Å². The van der Waals surface area contributed by atoms with Crippen molar-refractivity contribution in [1.82, 2.24) is 10.2 Å². The molecule has 10 heteroatoms. The number of benzene rings is 2. The molecule has 1 fully saturated rings. The average molecular weight is 499 g/mol. The number of aliphatic carboxylic acids is 1. The van der Waals surface area contributed by atoms with E-state index in [1.54, 1.807) is 31.2 Å². The van der Waals surface area contributed by atoms with E-state index in [9.17, 15) is 24.3 Å². The van der Waals surface area contributed by atoms with E-state index < -0.39 is 29.3 Å². The Bertz CT molecular complexity index is 1150. The molecular formula is C24H22N2O6S2. The molecule has 0 unspecified atom stereocenters. The van der Waals surface area contributed by atoms with Crippen molar-refractivity contribution in [2.75, 3.05) is 12.4 Å². The zero-order chi connectivity index (χ0) is 24.2. The van der Waals surface area contributed by atoms with Gasteiger partial charge in [-0.25, -0.2) is 9.59 Å². The third kappa shape index (κ3) is 4.97. The van der Waals surface area contributed by atoms with Gasteiger partial charge in [0.2, 0.25) is 5.91 Å². The van der Waals surface area contributed by atoms with E-state index in [2.05, 4.69) is 5.32 Å². The number of nitrogens with one attached hydrogen (secondary N) is 1. The number of rotatable bonds is 8. The predicted molar refractivity (Wildman–Crippen MR) is 128 cm³/mol. The molecule has 176 valence electrons. The summed E-state index contributed by atoms with van der Waals surface area (Å²) in [5, 5.41) is 12.1. The van der Waals surface area contributed by atoms with Gasteiger partial charge in [0.05, 0.1) is 18.6 Å². The molecule has 2 amide bonds. The summed E-state index contributed by atoms with van der Waals surface area (Å²) in [5.74, 6) is -1.96. The van der Waals surface area contributed by atoms with Crippen LogP contribution in [0.4, 0.5) is 0 Å². The number of thioether (sulfide) groups is 2. The van der Waals surface area contributed by atoms with Crippen LogP contribution in [0.15, 0.2) is 70.1 Å². The second kappa shape index (κ2) is 10.4. The number of carbonyl (C=O) groups is 4. The lowest BCUT2D eigenvalue weighted by atomic mass is 10.0. The fourth-order valence-electron chi connectivity index (χ4n) is 3.69. The van der Waals surface area contributed by atoms with E-state index in [4.69, 9.17) is 4.74 Å². The zero-order valence-corrected chi connectivity index (χ0v) is 19.9. The van der Waals surface area contributed by atoms with E-state index in [0.717, 1.165) is 10.5 Å². The Kier molecular flexibility index (Phi) is 7.28. The number of esters is 1. The molecule has 8 nitrogen and oxygen atoms in total. The summed E-state index contributed by atoms with van der Waals surface area (Å²) < 4.78 is 4.97. The normalized spacial score (nSPS) is 19.2. The number of fused-ring (bicyclic) bond motifs is 1. The minimum atomic E-state index is -1.20. The number of ether oxygens (including phenoxy) is 1. The van der Waals surface area contributed by atoms with Gasteiger partial charge in [0, 0.05) is 15.6 Å². The fraction of sp³-hybridized carbons (Fsp3) is 0.250. The van der Waals surface area contributed by atoms with Crippen molar-refractivity contribution in [2.24, 2.45) is 0 Å². The lowest BCUT2D eigenvalue weighted by molar-refractivity contribution is -0.150. The first-order valence-corrected chi connectivity index (χ1v) is 12.4. The van der Waals surface area contributed by atoms with Crippen LogP contribution in [0.3, 0.4) is 0 Å². The van der Waals surface area contributed by atoms with E-state index >= 15 is 0 Å². The maximum absolute atomic E-state index is 12.8. The molecule has 0 radical (unpaired) electrons. The van der Waals surface area contributed by atoms with Gasteiger partial charge in [0.25, 0.3) is 5.91 Å². The third-order valence-corrected chi connectivity index (χ3v) is 7.82. The number of carboxylic acid groups (broad SMARTS) is 1. The molecule has 0 saturated carbocycles. The molecule has 0 aliphatic carbocycles. The Morgan fingerprint density at radius 1 is 1.15 bits per heavy atom. The highest BCUT2D eigenvalue weighted by Crippen LogP contribution is 2.45. The Morgan fingerprint density at radius 2 is 1.85 bits per heavy atom. The summed E-state index contributed by atoms with van der Waals surface area (Å²) in [5.41, 5.74) is 1.17. The maximum Gasteiger partial charge on any atom is 0.353 e. The Labute approximate surface area is 204 Å². The van der Waals surface area contributed by atoms with E-state index in [1.807, 2.05) is 30.3 Å². The van der Waals surface area contributed by atoms with Crippen molar-refractivity contribution in [3.63, 3.8) is 0 Å². The summed E-state index contributed by atoms with van der Waals surface area (Å²) in [6.07, 6.45) is 0.145. The van der Waals surface area contributed by atoms with Crippen LogP contribution in [0.5, 0.6) is 0 Å². The third-order valence-electron chi connectivity index (χ3n) is 5.27. The number of carbonyl (C=O) groups excluding carboxylic acids is 3. The van der Waals surface area contributed by atoms with Gasteiger partial charge >= 0.3 is 11.9 Å². The van der Waals surface area contributed by atoms with Gasteiger partial charge < -0.3 is 15.2 Å². The van der Waals surface area contributed by atoms with Gasteiger partial charge in [-0.05, 0) is 36.8 Å². The molecule has 2 aliphatic heterocycles. The number of amides is 2. The highest BCUT2D eigenvalue weighted by molar-refractivity contribution is 8.06. The van der Waals surface area contributed by atoms with Gasteiger partial charge in [0.1, 0.15) is 17.1 Å². The van der Waals surface area contributed by atoms with Crippen molar-refractivity contribution in [3.8, 4) is 0 Å². The first-order chi connectivity index (χ1) is 16.4. The van der Waals surface area contributed by atoms with E-state index in [-0.39, 0.29) is 24.6 Å². The highest BCUT2D eigenvalue weighted by atomic mass is 32.2. The van der Waals surface area contributed by atoms with Crippen LogP contribution < -0.4 is 5.32 Å². The molecule has 2 heterocycles. The summed E-state index contributed by atoms with van der Waals surface area (Å²) in [4.78, 5) is 51.6. The number of nitrogens with zero attached hydrogens (tertiary/aromatic N) is 1. The molecular weight excluding hydrogens is 476 g/mol. The Balaban J connectivity index is 1.45. The summed E-state index contributed by atoms with van der Waals surface area (Å²) >= 11 is 2.65. The fourth-order valence-corrected chi connectivity index (χ4v) is 6.16. The number of carboxylic acids is 1. The molecule has 2 atom stereocenters. The first-order valence-electron chi connectivity index (χ1n) is 10.6. The van der Waals surface area contributed by atoms with Gasteiger partial charge in [-0.2, -0.15) is 0 Å². The molecule has 4 rings (SSSR count). The largest absolute Gasteiger partial charge is 0.477 e. The first kappa shape index (κ1) is 23.9. The van der Waals surface area contributed by atoms with Gasteiger partial charge in [-0.15, -0.1) is 11.8 Å². The summed E-state index contributed by atoms with van der Waals surface area (Å²) in [7, 11) is 0. The van der Waals surface area contributed by atoms with Gasteiger partial charge in [-0.3, -0.25) is 14.5 Å². The minimum absolute atomic E-state index is 0.0678. The Morgan fingerprint density at radius 3 is 2.50 bits per heavy atom. The number of hydrogen-bond acceptors (Lipinski definition) is 7. The number of β-lactam (4-membered cyclic amide) rings is 1. The van der Waals surface area contributed by atoms with Crippen LogP contribution in [0.25, 0.3) is 0 Å². The van der Waals surface area contributed by atoms with E-state index in [0.29, 0.717) is 16.2 Å². The zero-order valence-electron chi connectivity index (χ0n) is 18.2. The SMILES string of the molecule is CCOC(=O)c1ccc(SC2=C(C(=O)O)N3C(=O)[C@@H](NC(=O)Cc4ccccc4)[C@H]3SC2)cc1. The van der Waals surface area contributed by atoms with Crippen molar-refractivity contribution >= 4 is 47.3 Å². The molecule has 1 saturated heterocycles. The van der Waals surface area contributed by atoms with Gasteiger partial charge in [0.15, 0.2) is 0 Å². The minimum Gasteiger partial charge on any atom is -0.477 e.